The summed E-state index contributed by atoms with van der Waals surface area (Å²) in [5.74, 6) is 4.98. The lowest BCUT2D eigenvalue weighted by molar-refractivity contribution is 0.405. The molecule has 3 heterocycles. The summed E-state index contributed by atoms with van der Waals surface area (Å²) in [4.78, 5) is 11.3. The number of aryl methyl sites for hydroxylation is 1. The molecule has 0 aliphatic carbocycles. The molecule has 4 rings (SSSR count). The number of aromatic nitrogens is 3. The molecule has 3 aromatic rings. The molecule has 32 heavy (non-hydrogen) atoms. The number of nitrogens with two attached hydrogens (primary N) is 1. The first kappa shape index (κ1) is 23.5. The molecular weight excluding hydrogens is 419 g/mol. The van der Waals surface area contributed by atoms with E-state index in [0.717, 1.165) is 22.9 Å². The molecule has 0 spiro atoms. The summed E-state index contributed by atoms with van der Waals surface area (Å²) in [5.41, 5.74) is 9.19. The van der Waals surface area contributed by atoms with Crippen molar-refractivity contribution in [3.63, 3.8) is 0 Å². The second-order valence-electron chi connectivity index (χ2n) is 7.85. The third kappa shape index (κ3) is 6.67. The van der Waals surface area contributed by atoms with Crippen molar-refractivity contribution in [2.45, 2.75) is 26.7 Å². The van der Waals surface area contributed by atoms with Crippen LogP contribution in [-0.2, 0) is 0 Å². The number of anilines is 2. The molecule has 0 radical (unpaired) electrons. The van der Waals surface area contributed by atoms with Crippen LogP contribution in [0.3, 0.4) is 0 Å². The van der Waals surface area contributed by atoms with E-state index in [9.17, 15) is 0 Å². The standard InChI is InChI=1S/C18H18N5OP.C6H13N/c1-11-9-21-18(22-11)23-12(2)13-3-5-14(6-4-13)24-16-7-8-20-17(19)15(16)10-25;1-6-3-2-4-7-5-6/h3-10,25H,2H2,1H3,(H2,19,20)(H2,21,22,23);6-7H,2-5H2,1H3. The fraction of sp³-hybridized carbons (Fsp3) is 0.292. The smallest absolute Gasteiger partial charge is 0.204 e. The molecule has 1 aliphatic heterocycles. The number of hydrogen-bond donors (Lipinski definition) is 4. The first-order chi connectivity index (χ1) is 15.5. The van der Waals surface area contributed by atoms with Crippen LogP contribution in [0.4, 0.5) is 11.8 Å². The van der Waals surface area contributed by atoms with E-state index in [1.54, 1.807) is 24.3 Å². The first-order valence-corrected chi connectivity index (χ1v) is 11.3. The van der Waals surface area contributed by atoms with Crippen molar-refractivity contribution in [2.24, 2.45) is 5.92 Å². The summed E-state index contributed by atoms with van der Waals surface area (Å²) in [6.07, 6.45) is 6.16. The Hall–Kier alpha value is -3.15. The Morgan fingerprint density at radius 3 is 2.62 bits per heavy atom. The maximum atomic E-state index is 5.89. The first-order valence-electron chi connectivity index (χ1n) is 10.7. The molecule has 168 valence electrons. The van der Waals surface area contributed by atoms with Crippen molar-refractivity contribution in [2.75, 3.05) is 24.1 Å². The fourth-order valence-corrected chi connectivity index (χ4v) is 3.56. The normalized spacial score (nSPS) is 15.2. The van der Waals surface area contributed by atoms with E-state index in [1.165, 1.54) is 25.9 Å². The Kier molecular flexibility index (Phi) is 8.42. The predicted octanol–water partition coefficient (Wildman–Crippen LogP) is 4.87. The van der Waals surface area contributed by atoms with Gasteiger partial charge >= 0.3 is 0 Å². The Morgan fingerprint density at radius 2 is 2.06 bits per heavy atom. The van der Waals surface area contributed by atoms with Crippen molar-refractivity contribution < 1.29 is 4.74 Å². The number of benzene rings is 1. The summed E-state index contributed by atoms with van der Waals surface area (Å²) in [7, 11) is 3.33. The van der Waals surface area contributed by atoms with Crippen molar-refractivity contribution in [3.8, 4) is 11.5 Å². The van der Waals surface area contributed by atoms with Crippen molar-refractivity contribution in [1.82, 2.24) is 20.3 Å². The third-order valence-electron chi connectivity index (χ3n) is 5.07. The number of hydrogen-bond acceptors (Lipinski definition) is 6. The van der Waals surface area contributed by atoms with Gasteiger partial charge in [-0.25, -0.2) is 9.97 Å². The van der Waals surface area contributed by atoms with Crippen molar-refractivity contribution >= 4 is 32.1 Å². The molecule has 5 N–H and O–H groups in total. The van der Waals surface area contributed by atoms with E-state index in [0.29, 0.717) is 28.8 Å². The molecule has 1 fully saturated rings. The summed E-state index contributed by atoms with van der Waals surface area (Å²) in [5, 5.41) is 6.47. The van der Waals surface area contributed by atoms with Gasteiger partial charge in [0.2, 0.25) is 5.95 Å². The highest BCUT2D eigenvalue weighted by atomic mass is 31.0. The molecule has 8 heteroatoms. The zero-order chi connectivity index (χ0) is 22.9. The average Bonchev–Trinajstić information content (AvgIpc) is 3.20. The zero-order valence-electron chi connectivity index (χ0n) is 18.6. The second-order valence-corrected chi connectivity index (χ2v) is 8.14. The minimum atomic E-state index is 0.399. The second kappa shape index (κ2) is 11.5. The SMILES string of the molecule is C=C(Nc1ncc(C)[nH]1)c1ccc(Oc2ccnc(N)c2C=P)cc1.CC1CCCNC1. The lowest BCUT2D eigenvalue weighted by Crippen LogP contribution is -2.27. The molecule has 1 atom stereocenters. The Morgan fingerprint density at radius 1 is 1.28 bits per heavy atom. The zero-order valence-corrected chi connectivity index (χ0v) is 19.6. The number of piperidine rings is 1. The molecule has 1 aliphatic rings. The lowest BCUT2D eigenvalue weighted by atomic mass is 10.0. The molecule has 1 unspecified atom stereocenters. The molecule has 0 bridgehead atoms. The number of ether oxygens (including phenoxy) is 1. The van der Waals surface area contributed by atoms with Crippen LogP contribution in [0.1, 0.15) is 36.6 Å². The number of pyridine rings is 1. The minimum absolute atomic E-state index is 0.399. The van der Waals surface area contributed by atoms with E-state index in [-0.39, 0.29) is 0 Å². The van der Waals surface area contributed by atoms with Crippen LogP contribution >= 0.6 is 8.86 Å². The van der Waals surface area contributed by atoms with Crippen LogP contribution in [0, 0.1) is 12.8 Å². The Labute approximate surface area is 191 Å². The largest absolute Gasteiger partial charge is 0.457 e. The molecule has 2 aromatic heterocycles. The number of nitrogen functional groups attached to an aromatic ring is 1. The molecule has 0 saturated carbocycles. The number of nitrogens with one attached hydrogen (secondary N) is 3. The van der Waals surface area contributed by atoms with Gasteiger partial charge in [-0.1, -0.05) is 13.5 Å². The maximum Gasteiger partial charge on any atom is 0.204 e. The van der Waals surface area contributed by atoms with Crippen LogP contribution in [-0.4, -0.2) is 33.8 Å². The molecule has 1 saturated heterocycles. The van der Waals surface area contributed by atoms with E-state index in [2.05, 4.69) is 48.0 Å². The number of aromatic amines is 1. The minimum Gasteiger partial charge on any atom is -0.457 e. The fourth-order valence-electron chi connectivity index (χ4n) is 3.27. The van der Waals surface area contributed by atoms with Crippen molar-refractivity contribution in [1.29, 1.82) is 0 Å². The van der Waals surface area contributed by atoms with Gasteiger partial charge in [-0.05, 0) is 80.5 Å². The van der Waals surface area contributed by atoms with Crippen LogP contribution < -0.4 is 21.1 Å². The van der Waals surface area contributed by atoms with Gasteiger partial charge in [-0.3, -0.25) is 0 Å². The summed E-state index contributed by atoms with van der Waals surface area (Å²) in [6.45, 7) is 10.8. The molecule has 7 nitrogen and oxygen atoms in total. The summed E-state index contributed by atoms with van der Waals surface area (Å²) < 4.78 is 5.89. The van der Waals surface area contributed by atoms with Gasteiger partial charge in [0.05, 0.1) is 5.56 Å². The van der Waals surface area contributed by atoms with Crippen LogP contribution in [0.25, 0.3) is 5.70 Å². The summed E-state index contributed by atoms with van der Waals surface area (Å²) in [6, 6.07) is 9.33. The molecule has 1 aromatic carbocycles. The highest BCUT2D eigenvalue weighted by Crippen LogP contribution is 2.28. The van der Waals surface area contributed by atoms with Gasteiger partial charge in [0.15, 0.2) is 0 Å². The van der Waals surface area contributed by atoms with E-state index in [4.69, 9.17) is 10.5 Å². The van der Waals surface area contributed by atoms with Gasteiger partial charge < -0.3 is 26.1 Å². The van der Waals surface area contributed by atoms with Gasteiger partial charge in [-0.2, -0.15) is 0 Å². The van der Waals surface area contributed by atoms with Crippen LogP contribution in [0.15, 0.2) is 49.3 Å². The number of rotatable bonds is 6. The average molecular weight is 451 g/mol. The molecular formula is C24H31N6OP. The quantitative estimate of drug-likeness (QED) is 0.400. The molecule has 0 amide bonds. The van der Waals surface area contributed by atoms with Gasteiger partial charge in [0.1, 0.15) is 17.3 Å². The van der Waals surface area contributed by atoms with E-state index < -0.39 is 0 Å². The number of nitrogens with zero attached hydrogens (tertiary/aromatic N) is 2. The van der Waals surface area contributed by atoms with Gasteiger partial charge in [-0.15, -0.1) is 8.86 Å². The van der Waals surface area contributed by atoms with E-state index in [1.807, 2.05) is 31.2 Å². The highest BCUT2D eigenvalue weighted by Gasteiger charge is 2.08. The highest BCUT2D eigenvalue weighted by molar-refractivity contribution is 7.19. The van der Waals surface area contributed by atoms with E-state index >= 15 is 0 Å². The Bertz CT molecular complexity index is 1040. The van der Waals surface area contributed by atoms with Gasteiger partial charge in [0.25, 0.3) is 0 Å². The van der Waals surface area contributed by atoms with Crippen molar-refractivity contribution in [3.05, 3.63) is 66.1 Å². The third-order valence-corrected chi connectivity index (χ3v) is 5.36. The predicted molar refractivity (Wildman–Crippen MR) is 136 cm³/mol. The monoisotopic (exact) mass is 450 g/mol. The summed E-state index contributed by atoms with van der Waals surface area (Å²) >= 11 is 0. The van der Waals surface area contributed by atoms with Crippen LogP contribution in [0.5, 0.6) is 11.5 Å². The lowest BCUT2D eigenvalue weighted by Gasteiger charge is -2.17. The Balaban J connectivity index is 0.000000352. The topological polar surface area (TPSA) is 101 Å². The van der Waals surface area contributed by atoms with Crippen LogP contribution in [0.2, 0.25) is 0 Å². The number of imidazole rings is 1. The van der Waals surface area contributed by atoms with Gasteiger partial charge in [0, 0.05) is 23.8 Å². The maximum absolute atomic E-state index is 5.89. The number of H-pyrrole nitrogens is 1.